The summed E-state index contributed by atoms with van der Waals surface area (Å²) in [5, 5.41) is 0. The highest BCUT2D eigenvalue weighted by atomic mass is 79.9. The van der Waals surface area contributed by atoms with Crippen molar-refractivity contribution in [2.24, 2.45) is 0 Å². The summed E-state index contributed by atoms with van der Waals surface area (Å²) < 4.78 is 25.0. The summed E-state index contributed by atoms with van der Waals surface area (Å²) in [5.41, 5.74) is 2.29. The Kier molecular flexibility index (Phi) is 6.61. The smallest absolute Gasteiger partial charge is 0.185 e. The lowest BCUT2D eigenvalue weighted by Gasteiger charge is -2.11. The van der Waals surface area contributed by atoms with Gasteiger partial charge in [0.05, 0.1) is 7.11 Å². The van der Waals surface area contributed by atoms with Crippen LogP contribution in [-0.4, -0.2) is 12.9 Å². The highest BCUT2D eigenvalue weighted by Gasteiger charge is 2.06. The second kappa shape index (κ2) is 9.33. The molecule has 0 unspecified atom stereocenters. The second-order valence-electron chi connectivity index (χ2n) is 6.02. The van der Waals surface area contributed by atoms with Crippen LogP contribution in [0, 0.1) is 5.82 Å². The fourth-order valence-corrected chi connectivity index (χ4v) is 2.85. The molecule has 0 saturated heterocycles. The van der Waals surface area contributed by atoms with Crippen LogP contribution >= 0.6 is 15.9 Å². The Morgan fingerprint density at radius 2 is 1.75 bits per heavy atom. The molecule has 0 radical (unpaired) electrons. The molecule has 0 atom stereocenters. The van der Waals surface area contributed by atoms with Crippen molar-refractivity contribution < 1.29 is 18.7 Å². The lowest BCUT2D eigenvalue weighted by Crippen LogP contribution is -1.99. The standard InChI is InChI=1S/C23H18BrFO3/c1-27-23-13-3-16(2-12-22(26)17-4-6-19(24)7-5-17)14-18(23)15-28-21-10-8-20(25)9-11-21/h2-14H,15H2,1H3/b12-2+. The number of rotatable bonds is 7. The van der Waals surface area contributed by atoms with Crippen molar-refractivity contribution in [3.05, 3.63) is 99.8 Å². The van der Waals surface area contributed by atoms with Crippen molar-refractivity contribution >= 4 is 27.8 Å². The van der Waals surface area contributed by atoms with Crippen LogP contribution in [0.1, 0.15) is 21.5 Å². The van der Waals surface area contributed by atoms with Crippen LogP contribution in [0.3, 0.4) is 0 Å². The van der Waals surface area contributed by atoms with E-state index in [1.807, 2.05) is 30.3 Å². The molecule has 0 aromatic heterocycles. The predicted octanol–water partition coefficient (Wildman–Crippen LogP) is 6.07. The lowest BCUT2D eigenvalue weighted by molar-refractivity contribution is 0.104. The van der Waals surface area contributed by atoms with Gasteiger partial charge < -0.3 is 9.47 Å². The monoisotopic (exact) mass is 440 g/mol. The quantitative estimate of drug-likeness (QED) is 0.330. The van der Waals surface area contributed by atoms with Gasteiger partial charge >= 0.3 is 0 Å². The van der Waals surface area contributed by atoms with Crippen LogP contribution in [0.2, 0.25) is 0 Å². The molecule has 3 nitrogen and oxygen atoms in total. The van der Waals surface area contributed by atoms with E-state index in [4.69, 9.17) is 9.47 Å². The van der Waals surface area contributed by atoms with Gasteiger partial charge in [0.15, 0.2) is 5.78 Å². The number of benzene rings is 3. The summed E-state index contributed by atoms with van der Waals surface area (Å²) >= 11 is 3.36. The van der Waals surface area contributed by atoms with Gasteiger partial charge in [0.2, 0.25) is 0 Å². The van der Waals surface area contributed by atoms with E-state index in [2.05, 4.69) is 15.9 Å². The van der Waals surface area contributed by atoms with E-state index >= 15 is 0 Å². The number of allylic oxidation sites excluding steroid dienone is 1. The normalized spacial score (nSPS) is 10.8. The van der Waals surface area contributed by atoms with Gasteiger partial charge in [-0.15, -0.1) is 0 Å². The molecule has 3 aromatic rings. The van der Waals surface area contributed by atoms with Crippen molar-refractivity contribution in [3.8, 4) is 11.5 Å². The van der Waals surface area contributed by atoms with E-state index in [9.17, 15) is 9.18 Å². The fraction of sp³-hybridized carbons (Fsp3) is 0.0870. The van der Waals surface area contributed by atoms with Gasteiger partial charge in [0.1, 0.15) is 23.9 Å². The Bertz CT molecular complexity index is 980. The molecule has 5 heteroatoms. The van der Waals surface area contributed by atoms with Gasteiger partial charge in [-0.3, -0.25) is 4.79 Å². The summed E-state index contributed by atoms with van der Waals surface area (Å²) in [6, 6.07) is 18.6. The number of methoxy groups -OCH3 is 1. The fourth-order valence-electron chi connectivity index (χ4n) is 2.59. The third-order valence-corrected chi connectivity index (χ3v) is 4.60. The number of ketones is 1. The second-order valence-corrected chi connectivity index (χ2v) is 6.93. The van der Waals surface area contributed by atoms with Gasteiger partial charge in [0, 0.05) is 15.6 Å². The summed E-state index contributed by atoms with van der Waals surface area (Å²) in [7, 11) is 1.59. The Morgan fingerprint density at radius 1 is 1.04 bits per heavy atom. The molecule has 28 heavy (non-hydrogen) atoms. The number of halogens is 2. The first-order valence-electron chi connectivity index (χ1n) is 8.58. The Balaban J connectivity index is 1.73. The topological polar surface area (TPSA) is 35.5 Å². The van der Waals surface area contributed by atoms with E-state index in [0.717, 1.165) is 15.6 Å². The molecule has 3 rings (SSSR count). The third kappa shape index (κ3) is 5.30. The van der Waals surface area contributed by atoms with Crippen molar-refractivity contribution in [3.63, 3.8) is 0 Å². The maximum atomic E-state index is 13.0. The molecule has 0 spiro atoms. The average molecular weight is 441 g/mol. The molecular weight excluding hydrogens is 423 g/mol. The zero-order chi connectivity index (χ0) is 19.9. The minimum atomic E-state index is -0.312. The predicted molar refractivity (Wildman–Crippen MR) is 111 cm³/mol. The maximum Gasteiger partial charge on any atom is 0.185 e. The number of hydrogen-bond donors (Lipinski definition) is 0. The Labute approximate surface area is 171 Å². The van der Waals surface area contributed by atoms with Gasteiger partial charge in [-0.2, -0.15) is 0 Å². The average Bonchev–Trinajstić information content (AvgIpc) is 2.72. The summed E-state index contributed by atoms with van der Waals surface area (Å²) in [5.74, 6) is 0.855. The molecule has 0 bridgehead atoms. The number of hydrogen-bond acceptors (Lipinski definition) is 3. The Morgan fingerprint density at radius 3 is 2.43 bits per heavy atom. The summed E-state index contributed by atoms with van der Waals surface area (Å²) in [6.07, 6.45) is 3.29. The molecule has 0 aliphatic carbocycles. The van der Waals surface area contributed by atoms with E-state index in [1.165, 1.54) is 18.2 Å². The molecule has 0 N–H and O–H groups in total. The van der Waals surface area contributed by atoms with Crippen molar-refractivity contribution in [1.29, 1.82) is 0 Å². The molecular formula is C23H18BrFO3. The summed E-state index contributed by atoms with van der Waals surface area (Å²) in [6.45, 7) is 0.261. The minimum Gasteiger partial charge on any atom is -0.496 e. The highest BCUT2D eigenvalue weighted by molar-refractivity contribution is 9.10. The van der Waals surface area contributed by atoms with E-state index in [-0.39, 0.29) is 18.2 Å². The molecule has 0 fully saturated rings. The number of ether oxygens (including phenoxy) is 2. The molecule has 0 amide bonds. The van der Waals surface area contributed by atoms with Gasteiger partial charge in [-0.25, -0.2) is 4.39 Å². The minimum absolute atomic E-state index is 0.0765. The van der Waals surface area contributed by atoms with Crippen molar-refractivity contribution in [1.82, 2.24) is 0 Å². The number of carbonyl (C=O) groups excluding carboxylic acids is 1. The third-order valence-electron chi connectivity index (χ3n) is 4.07. The SMILES string of the molecule is COc1ccc(/C=C/C(=O)c2ccc(Br)cc2)cc1COc1ccc(F)cc1. The van der Waals surface area contributed by atoms with Crippen LogP contribution in [-0.2, 0) is 6.61 Å². The van der Waals surface area contributed by atoms with E-state index in [0.29, 0.717) is 17.1 Å². The molecule has 142 valence electrons. The van der Waals surface area contributed by atoms with E-state index in [1.54, 1.807) is 37.5 Å². The first-order valence-corrected chi connectivity index (χ1v) is 9.38. The van der Waals surface area contributed by atoms with Gasteiger partial charge in [0.25, 0.3) is 0 Å². The first-order chi connectivity index (χ1) is 13.5. The number of carbonyl (C=O) groups is 1. The zero-order valence-electron chi connectivity index (χ0n) is 15.2. The van der Waals surface area contributed by atoms with Gasteiger partial charge in [-0.05, 0) is 72.3 Å². The van der Waals surface area contributed by atoms with Crippen molar-refractivity contribution in [2.75, 3.05) is 7.11 Å². The molecule has 0 aliphatic rings. The molecule has 3 aromatic carbocycles. The van der Waals surface area contributed by atoms with Crippen LogP contribution in [0.25, 0.3) is 6.08 Å². The van der Waals surface area contributed by atoms with Gasteiger partial charge in [-0.1, -0.05) is 28.1 Å². The van der Waals surface area contributed by atoms with E-state index < -0.39 is 0 Å². The lowest BCUT2D eigenvalue weighted by atomic mass is 10.1. The van der Waals surface area contributed by atoms with Crippen molar-refractivity contribution in [2.45, 2.75) is 6.61 Å². The molecule has 0 heterocycles. The largest absolute Gasteiger partial charge is 0.496 e. The summed E-state index contributed by atoms with van der Waals surface area (Å²) in [4.78, 5) is 12.3. The first kappa shape index (κ1) is 19.8. The van der Waals surface area contributed by atoms with Crippen LogP contribution < -0.4 is 9.47 Å². The highest BCUT2D eigenvalue weighted by Crippen LogP contribution is 2.23. The molecule has 0 saturated carbocycles. The van der Waals surface area contributed by atoms with Crippen LogP contribution in [0.15, 0.2) is 77.3 Å². The maximum absolute atomic E-state index is 13.0. The Hall–Kier alpha value is -2.92. The van der Waals surface area contributed by atoms with Crippen LogP contribution in [0.5, 0.6) is 11.5 Å². The van der Waals surface area contributed by atoms with Crippen LogP contribution in [0.4, 0.5) is 4.39 Å². The molecule has 0 aliphatic heterocycles. The zero-order valence-corrected chi connectivity index (χ0v) is 16.8.